The standard InChI is InChI=1S/C11H16N2O/c1-13-10(8-4-2-3-5-8)7-6-9(12)11(13)14/h6-8H,2-5,12H2,1H3. The largest absolute Gasteiger partial charge is 0.394 e. The Hall–Kier alpha value is -1.25. The first-order chi connectivity index (χ1) is 6.70. The van der Waals surface area contributed by atoms with E-state index in [0.717, 1.165) is 5.69 Å². The third-order valence-corrected chi connectivity index (χ3v) is 3.15. The minimum absolute atomic E-state index is 0.0607. The van der Waals surface area contributed by atoms with Crippen molar-refractivity contribution in [1.82, 2.24) is 4.57 Å². The van der Waals surface area contributed by atoms with E-state index >= 15 is 0 Å². The van der Waals surface area contributed by atoms with Crippen LogP contribution in [-0.4, -0.2) is 4.57 Å². The quantitative estimate of drug-likeness (QED) is 0.735. The van der Waals surface area contributed by atoms with Crippen LogP contribution in [0, 0.1) is 0 Å². The Morgan fingerprint density at radius 3 is 2.64 bits per heavy atom. The van der Waals surface area contributed by atoms with E-state index in [9.17, 15) is 4.79 Å². The van der Waals surface area contributed by atoms with Gasteiger partial charge in [0.15, 0.2) is 0 Å². The van der Waals surface area contributed by atoms with Crippen molar-refractivity contribution in [2.24, 2.45) is 7.05 Å². The lowest BCUT2D eigenvalue weighted by molar-refractivity contribution is 0.637. The van der Waals surface area contributed by atoms with Crippen molar-refractivity contribution in [3.05, 3.63) is 28.2 Å². The van der Waals surface area contributed by atoms with Crippen LogP contribution in [0.25, 0.3) is 0 Å². The lowest BCUT2D eigenvalue weighted by Gasteiger charge is -2.14. The molecule has 0 aliphatic heterocycles. The maximum absolute atomic E-state index is 11.6. The Balaban J connectivity index is 2.43. The fourth-order valence-electron chi connectivity index (χ4n) is 2.30. The monoisotopic (exact) mass is 192 g/mol. The number of hydrogen-bond acceptors (Lipinski definition) is 2. The summed E-state index contributed by atoms with van der Waals surface area (Å²) in [6.45, 7) is 0. The van der Waals surface area contributed by atoms with E-state index in [-0.39, 0.29) is 5.56 Å². The number of pyridine rings is 1. The topological polar surface area (TPSA) is 48.0 Å². The molecule has 0 bridgehead atoms. The van der Waals surface area contributed by atoms with Gasteiger partial charge in [0.1, 0.15) is 0 Å². The Morgan fingerprint density at radius 2 is 2.00 bits per heavy atom. The van der Waals surface area contributed by atoms with E-state index in [1.165, 1.54) is 25.7 Å². The Labute approximate surface area is 83.5 Å². The van der Waals surface area contributed by atoms with Gasteiger partial charge in [0.05, 0.1) is 5.69 Å². The number of nitrogens with two attached hydrogens (primary N) is 1. The summed E-state index contributed by atoms with van der Waals surface area (Å²) >= 11 is 0. The van der Waals surface area contributed by atoms with Gasteiger partial charge in [-0.1, -0.05) is 12.8 Å². The summed E-state index contributed by atoms with van der Waals surface area (Å²) in [7, 11) is 1.81. The van der Waals surface area contributed by atoms with E-state index in [1.54, 1.807) is 10.6 Å². The normalized spacial score (nSPS) is 17.5. The summed E-state index contributed by atoms with van der Waals surface area (Å²) in [5, 5.41) is 0. The molecule has 1 aliphatic rings. The Kier molecular flexibility index (Phi) is 2.32. The maximum atomic E-state index is 11.6. The molecule has 3 nitrogen and oxygen atoms in total. The molecule has 0 aromatic carbocycles. The van der Waals surface area contributed by atoms with Gasteiger partial charge in [0.25, 0.3) is 5.56 Å². The lowest BCUT2D eigenvalue weighted by Crippen LogP contribution is -2.23. The zero-order valence-electron chi connectivity index (χ0n) is 8.49. The van der Waals surface area contributed by atoms with Crippen molar-refractivity contribution < 1.29 is 0 Å². The third kappa shape index (κ3) is 1.43. The van der Waals surface area contributed by atoms with Crippen LogP contribution in [0.15, 0.2) is 16.9 Å². The first-order valence-corrected chi connectivity index (χ1v) is 5.15. The summed E-state index contributed by atoms with van der Waals surface area (Å²) in [6.07, 6.45) is 4.97. The molecule has 0 spiro atoms. The van der Waals surface area contributed by atoms with E-state index in [1.807, 2.05) is 13.1 Å². The van der Waals surface area contributed by atoms with Crippen LogP contribution in [0.2, 0.25) is 0 Å². The fraction of sp³-hybridized carbons (Fsp3) is 0.545. The Bertz CT molecular complexity index is 389. The van der Waals surface area contributed by atoms with Gasteiger partial charge in [0.2, 0.25) is 0 Å². The molecule has 0 unspecified atom stereocenters. The highest BCUT2D eigenvalue weighted by atomic mass is 16.1. The highest BCUT2D eigenvalue weighted by molar-refractivity contribution is 5.36. The minimum atomic E-state index is -0.0607. The molecule has 1 fully saturated rings. The second kappa shape index (κ2) is 3.48. The molecule has 1 aliphatic carbocycles. The van der Waals surface area contributed by atoms with Crippen LogP contribution in [0.1, 0.15) is 37.3 Å². The smallest absolute Gasteiger partial charge is 0.273 e. The summed E-state index contributed by atoms with van der Waals surface area (Å²) in [6, 6.07) is 3.72. The number of rotatable bonds is 1. The average Bonchev–Trinajstić information content (AvgIpc) is 2.67. The second-order valence-corrected chi connectivity index (χ2v) is 4.06. The molecule has 2 N–H and O–H groups in total. The molecule has 1 saturated carbocycles. The maximum Gasteiger partial charge on any atom is 0.273 e. The minimum Gasteiger partial charge on any atom is -0.394 e. The molecule has 0 atom stereocenters. The molecule has 76 valence electrons. The van der Waals surface area contributed by atoms with Gasteiger partial charge in [-0.2, -0.15) is 0 Å². The summed E-state index contributed by atoms with van der Waals surface area (Å²) < 4.78 is 1.70. The van der Waals surface area contributed by atoms with Crippen molar-refractivity contribution in [1.29, 1.82) is 0 Å². The number of nitrogen functional groups attached to an aromatic ring is 1. The van der Waals surface area contributed by atoms with Gasteiger partial charge in [-0.15, -0.1) is 0 Å². The van der Waals surface area contributed by atoms with Crippen molar-refractivity contribution >= 4 is 5.69 Å². The summed E-state index contributed by atoms with van der Waals surface area (Å²) in [5.74, 6) is 0.563. The van der Waals surface area contributed by atoms with Crippen LogP contribution in [-0.2, 0) is 7.05 Å². The first kappa shape index (κ1) is 9.31. The molecule has 1 aromatic heterocycles. The molecule has 0 radical (unpaired) electrons. The van der Waals surface area contributed by atoms with E-state index in [4.69, 9.17) is 5.73 Å². The number of hydrogen-bond donors (Lipinski definition) is 1. The molecule has 1 heterocycles. The lowest BCUT2D eigenvalue weighted by atomic mass is 10.0. The van der Waals surface area contributed by atoms with Crippen molar-refractivity contribution in [2.45, 2.75) is 31.6 Å². The predicted molar refractivity (Wildman–Crippen MR) is 57.3 cm³/mol. The highest BCUT2D eigenvalue weighted by Crippen LogP contribution is 2.33. The SMILES string of the molecule is Cn1c(C2CCCC2)ccc(N)c1=O. The molecule has 1 aromatic rings. The third-order valence-electron chi connectivity index (χ3n) is 3.15. The van der Waals surface area contributed by atoms with Gasteiger partial charge in [0, 0.05) is 12.7 Å². The van der Waals surface area contributed by atoms with E-state index in [0.29, 0.717) is 11.6 Å². The van der Waals surface area contributed by atoms with Crippen LogP contribution >= 0.6 is 0 Å². The molecular formula is C11H16N2O. The van der Waals surface area contributed by atoms with E-state index < -0.39 is 0 Å². The molecule has 3 heteroatoms. The Morgan fingerprint density at radius 1 is 1.36 bits per heavy atom. The fourth-order valence-corrected chi connectivity index (χ4v) is 2.30. The summed E-state index contributed by atoms with van der Waals surface area (Å²) in [4.78, 5) is 11.6. The van der Waals surface area contributed by atoms with Crippen LogP contribution in [0.5, 0.6) is 0 Å². The van der Waals surface area contributed by atoms with Gasteiger partial charge < -0.3 is 10.3 Å². The van der Waals surface area contributed by atoms with Gasteiger partial charge in [-0.05, 0) is 30.9 Å². The number of nitrogens with zero attached hydrogens (tertiary/aromatic N) is 1. The molecule has 2 rings (SSSR count). The highest BCUT2D eigenvalue weighted by Gasteiger charge is 2.19. The van der Waals surface area contributed by atoms with Gasteiger partial charge in [-0.3, -0.25) is 4.79 Å². The molecule has 0 amide bonds. The van der Waals surface area contributed by atoms with Crippen molar-refractivity contribution in [3.63, 3.8) is 0 Å². The molecule has 0 saturated heterocycles. The average molecular weight is 192 g/mol. The van der Waals surface area contributed by atoms with Crippen molar-refractivity contribution in [2.75, 3.05) is 5.73 Å². The predicted octanol–water partition coefficient (Wildman–Crippen LogP) is 1.63. The van der Waals surface area contributed by atoms with Gasteiger partial charge in [-0.25, -0.2) is 0 Å². The number of aromatic nitrogens is 1. The molecule has 14 heavy (non-hydrogen) atoms. The first-order valence-electron chi connectivity index (χ1n) is 5.15. The number of anilines is 1. The van der Waals surface area contributed by atoms with Gasteiger partial charge >= 0.3 is 0 Å². The summed E-state index contributed by atoms with van der Waals surface area (Å²) in [5.41, 5.74) is 6.98. The zero-order valence-corrected chi connectivity index (χ0v) is 8.49. The van der Waals surface area contributed by atoms with Crippen LogP contribution in [0.4, 0.5) is 5.69 Å². The van der Waals surface area contributed by atoms with Crippen molar-refractivity contribution in [3.8, 4) is 0 Å². The van der Waals surface area contributed by atoms with E-state index in [2.05, 4.69) is 0 Å². The zero-order chi connectivity index (χ0) is 10.1. The van der Waals surface area contributed by atoms with Crippen LogP contribution < -0.4 is 11.3 Å². The van der Waals surface area contributed by atoms with Crippen LogP contribution in [0.3, 0.4) is 0 Å². The second-order valence-electron chi connectivity index (χ2n) is 4.06. The molecular weight excluding hydrogens is 176 g/mol.